The summed E-state index contributed by atoms with van der Waals surface area (Å²) in [6.07, 6.45) is 0.943. The molecule has 0 saturated heterocycles. The summed E-state index contributed by atoms with van der Waals surface area (Å²) in [4.78, 5) is 45.8. The van der Waals surface area contributed by atoms with Crippen molar-refractivity contribution >= 4 is 16.7 Å². The van der Waals surface area contributed by atoms with Crippen LogP contribution in [0.1, 0.15) is 27.6 Å². The molecule has 2 aromatic heterocycles. The number of rotatable bonds is 1. The summed E-state index contributed by atoms with van der Waals surface area (Å²) in [5.74, 6) is 0.306. The van der Waals surface area contributed by atoms with E-state index in [4.69, 9.17) is 0 Å². The summed E-state index contributed by atoms with van der Waals surface area (Å²) >= 11 is 0. The normalized spacial score (nSPS) is 14.1. The van der Waals surface area contributed by atoms with E-state index in [-0.39, 0.29) is 22.7 Å². The average Bonchev–Trinajstić information content (AvgIpc) is 2.84. The van der Waals surface area contributed by atoms with Gasteiger partial charge in [0.05, 0.1) is 11.1 Å². The molecule has 0 unspecified atom stereocenters. The molecular formula is C18H17N5O3. The minimum Gasteiger partial charge on any atom is -0.337 e. The third kappa shape index (κ3) is 2.69. The Morgan fingerprint density at radius 3 is 2.62 bits per heavy atom. The van der Waals surface area contributed by atoms with E-state index in [9.17, 15) is 14.4 Å². The highest BCUT2D eigenvalue weighted by atomic mass is 16.2. The van der Waals surface area contributed by atoms with Crippen molar-refractivity contribution in [1.82, 2.24) is 25.1 Å². The first-order valence-corrected chi connectivity index (χ1v) is 8.40. The Labute approximate surface area is 147 Å². The molecule has 1 amide bonds. The number of aryl methyl sites for hydroxylation is 1. The lowest BCUT2D eigenvalue weighted by atomic mass is 10.1. The zero-order valence-corrected chi connectivity index (χ0v) is 14.2. The maximum atomic E-state index is 13.0. The summed E-state index contributed by atoms with van der Waals surface area (Å²) in [6, 6.07) is 6.89. The first kappa shape index (κ1) is 16.2. The molecule has 0 fully saturated rings. The Bertz CT molecular complexity index is 1130. The van der Waals surface area contributed by atoms with E-state index in [2.05, 4.69) is 20.2 Å². The van der Waals surface area contributed by atoms with Crippen LogP contribution in [0.15, 0.2) is 33.9 Å². The number of benzene rings is 1. The third-order valence-electron chi connectivity index (χ3n) is 4.66. The molecule has 1 aromatic carbocycles. The molecule has 0 aliphatic carbocycles. The van der Waals surface area contributed by atoms with E-state index in [1.165, 1.54) is 0 Å². The van der Waals surface area contributed by atoms with E-state index < -0.39 is 0 Å². The van der Waals surface area contributed by atoms with Gasteiger partial charge >= 0.3 is 0 Å². The van der Waals surface area contributed by atoms with Gasteiger partial charge in [-0.25, -0.2) is 10.1 Å². The van der Waals surface area contributed by atoms with E-state index in [1.807, 2.05) is 0 Å². The van der Waals surface area contributed by atoms with Gasteiger partial charge in [-0.15, -0.1) is 0 Å². The number of nitrogens with one attached hydrogen (secondary N) is 2. The van der Waals surface area contributed by atoms with Gasteiger partial charge in [-0.3, -0.25) is 14.4 Å². The SMILES string of the molecule is Cc1nc2c(c(=O)[nH]1)CCN(C(=O)c1n[nH]c(=O)c3ccccc13)CC2. The van der Waals surface area contributed by atoms with Crippen LogP contribution in [0.25, 0.3) is 10.8 Å². The number of aromatic amines is 2. The van der Waals surface area contributed by atoms with Crippen LogP contribution >= 0.6 is 0 Å². The van der Waals surface area contributed by atoms with Crippen molar-refractivity contribution in [3.8, 4) is 0 Å². The van der Waals surface area contributed by atoms with Crippen molar-refractivity contribution in [1.29, 1.82) is 0 Å². The van der Waals surface area contributed by atoms with Crippen molar-refractivity contribution in [2.75, 3.05) is 13.1 Å². The maximum Gasteiger partial charge on any atom is 0.274 e. The van der Waals surface area contributed by atoms with Crippen LogP contribution < -0.4 is 11.1 Å². The van der Waals surface area contributed by atoms with Crippen molar-refractivity contribution in [2.45, 2.75) is 19.8 Å². The number of nitrogens with zero attached hydrogens (tertiary/aromatic N) is 3. The van der Waals surface area contributed by atoms with E-state index in [1.54, 1.807) is 36.1 Å². The van der Waals surface area contributed by atoms with Gasteiger partial charge in [0.25, 0.3) is 17.0 Å². The van der Waals surface area contributed by atoms with Crippen LogP contribution in [0.4, 0.5) is 0 Å². The summed E-state index contributed by atoms with van der Waals surface area (Å²) in [6.45, 7) is 2.58. The summed E-state index contributed by atoms with van der Waals surface area (Å²) < 4.78 is 0. The topological polar surface area (TPSA) is 112 Å². The molecule has 0 spiro atoms. The van der Waals surface area contributed by atoms with Crippen molar-refractivity contribution in [2.24, 2.45) is 0 Å². The second-order valence-corrected chi connectivity index (χ2v) is 6.32. The largest absolute Gasteiger partial charge is 0.337 e. The Kier molecular flexibility index (Phi) is 3.87. The molecule has 132 valence electrons. The second kappa shape index (κ2) is 6.21. The van der Waals surface area contributed by atoms with Crippen molar-refractivity contribution < 1.29 is 4.79 Å². The highest BCUT2D eigenvalue weighted by Gasteiger charge is 2.24. The summed E-state index contributed by atoms with van der Waals surface area (Å²) in [5, 5.41) is 7.32. The fourth-order valence-electron chi connectivity index (χ4n) is 3.36. The number of carbonyl (C=O) groups is 1. The van der Waals surface area contributed by atoms with Crippen LogP contribution in [-0.2, 0) is 12.8 Å². The van der Waals surface area contributed by atoms with E-state index >= 15 is 0 Å². The lowest BCUT2D eigenvalue weighted by Gasteiger charge is -2.20. The van der Waals surface area contributed by atoms with Gasteiger partial charge in [-0.1, -0.05) is 18.2 Å². The Balaban J connectivity index is 1.69. The van der Waals surface area contributed by atoms with Gasteiger partial charge in [0.1, 0.15) is 5.82 Å². The molecule has 8 heteroatoms. The number of fused-ring (bicyclic) bond motifs is 2. The van der Waals surface area contributed by atoms with Gasteiger partial charge in [-0.2, -0.15) is 5.10 Å². The second-order valence-electron chi connectivity index (χ2n) is 6.32. The number of carbonyl (C=O) groups excluding carboxylic acids is 1. The molecule has 8 nitrogen and oxygen atoms in total. The lowest BCUT2D eigenvalue weighted by molar-refractivity contribution is 0.0758. The number of H-pyrrole nitrogens is 2. The summed E-state index contributed by atoms with van der Waals surface area (Å²) in [7, 11) is 0. The first-order chi connectivity index (χ1) is 12.5. The van der Waals surface area contributed by atoms with Crippen LogP contribution in [-0.4, -0.2) is 44.1 Å². The van der Waals surface area contributed by atoms with E-state index in [0.29, 0.717) is 48.1 Å². The van der Waals surface area contributed by atoms with Crippen LogP contribution in [0.5, 0.6) is 0 Å². The zero-order chi connectivity index (χ0) is 18.3. The Hall–Kier alpha value is -3.29. The predicted molar refractivity (Wildman–Crippen MR) is 95.3 cm³/mol. The highest BCUT2D eigenvalue weighted by molar-refractivity contribution is 6.04. The number of aromatic nitrogens is 4. The van der Waals surface area contributed by atoms with Crippen molar-refractivity contribution in [3.63, 3.8) is 0 Å². The number of hydrogen-bond donors (Lipinski definition) is 2. The smallest absolute Gasteiger partial charge is 0.274 e. The monoisotopic (exact) mass is 351 g/mol. The molecule has 1 aliphatic rings. The number of hydrogen-bond acceptors (Lipinski definition) is 5. The Morgan fingerprint density at radius 1 is 1.08 bits per heavy atom. The van der Waals surface area contributed by atoms with Gasteiger partial charge in [-0.05, 0) is 19.4 Å². The molecule has 4 rings (SSSR count). The molecule has 2 N–H and O–H groups in total. The van der Waals surface area contributed by atoms with Gasteiger partial charge in [0.2, 0.25) is 0 Å². The quantitative estimate of drug-likeness (QED) is 0.665. The fraction of sp³-hybridized carbons (Fsp3) is 0.278. The molecule has 0 saturated carbocycles. The fourth-order valence-corrected chi connectivity index (χ4v) is 3.36. The average molecular weight is 351 g/mol. The molecular weight excluding hydrogens is 334 g/mol. The van der Waals surface area contributed by atoms with Crippen LogP contribution in [0.3, 0.4) is 0 Å². The molecule has 1 aliphatic heterocycles. The molecule has 3 heterocycles. The third-order valence-corrected chi connectivity index (χ3v) is 4.66. The molecule has 0 radical (unpaired) electrons. The minimum absolute atomic E-state index is 0.144. The van der Waals surface area contributed by atoms with Crippen LogP contribution in [0, 0.1) is 6.92 Å². The van der Waals surface area contributed by atoms with Gasteiger partial charge < -0.3 is 9.88 Å². The summed E-state index contributed by atoms with van der Waals surface area (Å²) in [5.41, 5.74) is 1.11. The van der Waals surface area contributed by atoms with Gasteiger partial charge in [0.15, 0.2) is 5.69 Å². The molecule has 0 bridgehead atoms. The maximum absolute atomic E-state index is 13.0. The minimum atomic E-state index is -0.327. The number of amides is 1. The van der Waals surface area contributed by atoms with E-state index in [0.717, 1.165) is 5.69 Å². The standard InChI is InChI=1S/C18H17N5O3/c1-10-19-14-7-9-23(8-6-13(14)16(24)20-10)18(26)15-11-4-2-3-5-12(11)17(25)22-21-15/h2-5H,6-9H2,1H3,(H,22,25)(H,19,20,24). The Morgan fingerprint density at radius 2 is 1.81 bits per heavy atom. The molecule has 0 atom stereocenters. The predicted octanol–water partition coefficient (Wildman–Crippen LogP) is 0.556. The molecule has 3 aromatic rings. The van der Waals surface area contributed by atoms with Crippen LogP contribution in [0.2, 0.25) is 0 Å². The first-order valence-electron chi connectivity index (χ1n) is 8.40. The molecule has 26 heavy (non-hydrogen) atoms. The highest BCUT2D eigenvalue weighted by Crippen LogP contribution is 2.17. The van der Waals surface area contributed by atoms with Crippen molar-refractivity contribution in [3.05, 3.63) is 67.7 Å². The lowest BCUT2D eigenvalue weighted by Crippen LogP contribution is -2.35. The zero-order valence-electron chi connectivity index (χ0n) is 14.2. The van der Waals surface area contributed by atoms with Gasteiger partial charge in [0, 0.05) is 30.5 Å².